The summed E-state index contributed by atoms with van der Waals surface area (Å²) >= 11 is 0. The summed E-state index contributed by atoms with van der Waals surface area (Å²) in [4.78, 5) is 12.5. The maximum absolute atomic E-state index is 13.1. The topological polar surface area (TPSA) is 29.1 Å². The number of nitrogens with one attached hydrogen (secondary N) is 1. The Morgan fingerprint density at radius 2 is 1.95 bits per heavy atom. The summed E-state index contributed by atoms with van der Waals surface area (Å²) < 4.78 is 26.3. The molecular formula is C15H19F2NO. The lowest BCUT2D eigenvalue weighted by atomic mass is 9.71. The van der Waals surface area contributed by atoms with E-state index in [0.29, 0.717) is 12.1 Å². The van der Waals surface area contributed by atoms with Crippen LogP contribution in [0.4, 0.5) is 8.78 Å². The van der Waals surface area contributed by atoms with Gasteiger partial charge in [0.1, 0.15) is 17.4 Å². The summed E-state index contributed by atoms with van der Waals surface area (Å²) in [5.74, 6) is -0.984. The van der Waals surface area contributed by atoms with Crippen molar-refractivity contribution in [3.63, 3.8) is 0 Å². The number of rotatable bonds is 4. The Morgan fingerprint density at radius 3 is 2.42 bits per heavy atom. The van der Waals surface area contributed by atoms with Gasteiger partial charge in [-0.15, -0.1) is 0 Å². The molecule has 0 aliphatic carbocycles. The second-order valence-electron chi connectivity index (χ2n) is 5.62. The first kappa shape index (κ1) is 14.1. The minimum absolute atomic E-state index is 0.0671. The van der Waals surface area contributed by atoms with Crippen molar-refractivity contribution in [2.24, 2.45) is 11.3 Å². The Morgan fingerprint density at radius 1 is 1.32 bits per heavy atom. The molecule has 104 valence electrons. The highest BCUT2D eigenvalue weighted by Gasteiger charge is 2.43. The first-order valence-electron chi connectivity index (χ1n) is 6.63. The van der Waals surface area contributed by atoms with Gasteiger partial charge in [0.15, 0.2) is 0 Å². The van der Waals surface area contributed by atoms with Gasteiger partial charge in [-0.1, -0.05) is 13.8 Å². The van der Waals surface area contributed by atoms with Crippen LogP contribution in [0.1, 0.15) is 25.8 Å². The number of halogens is 2. The van der Waals surface area contributed by atoms with E-state index in [-0.39, 0.29) is 18.1 Å². The highest BCUT2D eigenvalue weighted by molar-refractivity contribution is 5.87. The zero-order valence-corrected chi connectivity index (χ0v) is 11.3. The van der Waals surface area contributed by atoms with E-state index in [1.807, 2.05) is 13.8 Å². The van der Waals surface area contributed by atoms with Crippen LogP contribution in [0.25, 0.3) is 0 Å². The molecule has 1 fully saturated rings. The van der Waals surface area contributed by atoms with Crippen molar-refractivity contribution >= 4 is 5.78 Å². The molecule has 1 heterocycles. The van der Waals surface area contributed by atoms with Crippen molar-refractivity contribution in [3.05, 3.63) is 35.4 Å². The van der Waals surface area contributed by atoms with Crippen LogP contribution in [0, 0.1) is 23.0 Å². The van der Waals surface area contributed by atoms with Gasteiger partial charge in [0.05, 0.1) is 0 Å². The Bertz CT molecular complexity index is 459. The van der Waals surface area contributed by atoms with Crippen LogP contribution < -0.4 is 5.32 Å². The lowest BCUT2D eigenvalue weighted by molar-refractivity contribution is -0.129. The summed E-state index contributed by atoms with van der Waals surface area (Å²) in [7, 11) is 0. The monoisotopic (exact) mass is 267 g/mol. The number of hydrogen-bond acceptors (Lipinski definition) is 2. The van der Waals surface area contributed by atoms with Crippen LogP contribution in [-0.4, -0.2) is 18.9 Å². The van der Waals surface area contributed by atoms with Gasteiger partial charge in [-0.05, 0) is 36.6 Å². The smallest absolute Gasteiger partial charge is 0.144 e. The van der Waals surface area contributed by atoms with E-state index < -0.39 is 17.0 Å². The molecule has 4 heteroatoms. The Labute approximate surface area is 112 Å². The molecule has 0 radical (unpaired) electrons. The van der Waals surface area contributed by atoms with Gasteiger partial charge in [-0.25, -0.2) is 8.78 Å². The summed E-state index contributed by atoms with van der Waals surface area (Å²) in [6.07, 6.45) is 0.885. The summed E-state index contributed by atoms with van der Waals surface area (Å²) in [6, 6.07) is 3.29. The van der Waals surface area contributed by atoms with E-state index in [4.69, 9.17) is 0 Å². The van der Waals surface area contributed by atoms with Crippen molar-refractivity contribution in [3.8, 4) is 0 Å². The third kappa shape index (κ3) is 2.84. The molecule has 1 aromatic carbocycles. The number of carbonyl (C=O) groups is 1. The largest absolute Gasteiger partial charge is 0.316 e. The molecule has 1 aliphatic heterocycles. The van der Waals surface area contributed by atoms with Crippen LogP contribution in [0.5, 0.6) is 0 Å². The number of Topliss-reactive ketones (excluding diaryl/α,β-unsaturated/α-hetero) is 1. The quantitative estimate of drug-likeness (QED) is 0.908. The third-order valence-electron chi connectivity index (χ3n) is 4.14. The van der Waals surface area contributed by atoms with E-state index in [1.54, 1.807) is 0 Å². The molecule has 0 bridgehead atoms. The Hall–Kier alpha value is -1.29. The van der Waals surface area contributed by atoms with Crippen molar-refractivity contribution in [2.45, 2.75) is 26.7 Å². The highest BCUT2D eigenvalue weighted by atomic mass is 19.1. The molecule has 1 aromatic rings. The fourth-order valence-electron chi connectivity index (χ4n) is 2.84. The molecule has 19 heavy (non-hydrogen) atoms. The molecule has 1 atom stereocenters. The van der Waals surface area contributed by atoms with Crippen LogP contribution >= 0.6 is 0 Å². The average Bonchev–Trinajstić information content (AvgIpc) is 2.77. The molecule has 0 aromatic heterocycles. The predicted octanol–water partition coefficient (Wildman–Crippen LogP) is 2.71. The number of benzene rings is 1. The molecule has 1 unspecified atom stereocenters. The van der Waals surface area contributed by atoms with E-state index in [1.165, 1.54) is 12.1 Å². The summed E-state index contributed by atoms with van der Waals surface area (Å²) in [6.45, 7) is 5.52. The van der Waals surface area contributed by atoms with Gasteiger partial charge in [-0.2, -0.15) is 0 Å². The lowest BCUT2D eigenvalue weighted by Gasteiger charge is -2.31. The van der Waals surface area contributed by atoms with Gasteiger partial charge < -0.3 is 5.32 Å². The molecule has 2 nitrogen and oxygen atoms in total. The maximum atomic E-state index is 13.1. The first-order chi connectivity index (χ1) is 8.94. The molecule has 0 amide bonds. The molecule has 1 aliphatic rings. The summed E-state index contributed by atoms with van der Waals surface area (Å²) in [5, 5.41) is 3.21. The van der Waals surface area contributed by atoms with E-state index in [0.717, 1.165) is 19.0 Å². The lowest BCUT2D eigenvalue weighted by Crippen LogP contribution is -2.39. The first-order valence-corrected chi connectivity index (χ1v) is 6.63. The van der Waals surface area contributed by atoms with Crippen molar-refractivity contribution in [2.75, 3.05) is 13.1 Å². The van der Waals surface area contributed by atoms with Gasteiger partial charge >= 0.3 is 0 Å². The molecular weight excluding hydrogens is 248 g/mol. The molecule has 0 spiro atoms. The average molecular weight is 267 g/mol. The highest BCUT2D eigenvalue weighted by Crippen LogP contribution is 2.36. The number of carbonyl (C=O) groups excluding carboxylic acids is 1. The fourth-order valence-corrected chi connectivity index (χ4v) is 2.84. The van der Waals surface area contributed by atoms with Crippen molar-refractivity contribution in [1.29, 1.82) is 0 Å². The van der Waals surface area contributed by atoms with Crippen LogP contribution in [0.3, 0.4) is 0 Å². The van der Waals surface area contributed by atoms with E-state index >= 15 is 0 Å². The van der Waals surface area contributed by atoms with Gasteiger partial charge in [-0.3, -0.25) is 4.79 Å². The van der Waals surface area contributed by atoms with E-state index in [9.17, 15) is 13.6 Å². The van der Waals surface area contributed by atoms with Gasteiger partial charge in [0, 0.05) is 24.4 Å². The van der Waals surface area contributed by atoms with Crippen LogP contribution in [-0.2, 0) is 11.2 Å². The zero-order chi connectivity index (χ0) is 14.0. The Balaban J connectivity index is 2.20. The predicted molar refractivity (Wildman–Crippen MR) is 69.8 cm³/mol. The molecule has 0 saturated carbocycles. The van der Waals surface area contributed by atoms with E-state index in [2.05, 4.69) is 5.32 Å². The summed E-state index contributed by atoms with van der Waals surface area (Å²) in [5.41, 5.74) is 0.0115. The number of ketones is 1. The second kappa shape index (κ2) is 5.37. The Kier molecular flexibility index (Phi) is 3.99. The van der Waals surface area contributed by atoms with Gasteiger partial charge in [0.25, 0.3) is 0 Å². The van der Waals surface area contributed by atoms with Crippen molar-refractivity contribution < 1.29 is 13.6 Å². The third-order valence-corrected chi connectivity index (χ3v) is 4.14. The minimum atomic E-state index is -0.633. The SMILES string of the molecule is CC(C)C1(C(=O)Cc2cc(F)cc(F)c2)CCNC1. The standard InChI is InChI=1S/C15H19F2NO/c1-10(2)15(3-4-18-9-15)14(19)7-11-5-12(16)8-13(17)6-11/h5-6,8,10,18H,3-4,7,9H2,1-2H3. The fraction of sp³-hybridized carbons (Fsp3) is 0.533. The van der Waals surface area contributed by atoms with Crippen LogP contribution in [0.15, 0.2) is 18.2 Å². The van der Waals surface area contributed by atoms with Gasteiger partial charge in [0.2, 0.25) is 0 Å². The minimum Gasteiger partial charge on any atom is -0.316 e. The zero-order valence-electron chi connectivity index (χ0n) is 11.3. The molecule has 2 rings (SSSR count). The second-order valence-corrected chi connectivity index (χ2v) is 5.62. The van der Waals surface area contributed by atoms with Crippen LogP contribution in [0.2, 0.25) is 0 Å². The maximum Gasteiger partial charge on any atom is 0.144 e. The number of hydrogen-bond donors (Lipinski definition) is 1. The molecule has 1 N–H and O–H groups in total. The normalized spacial score (nSPS) is 23.0. The molecule has 1 saturated heterocycles. The van der Waals surface area contributed by atoms with Crippen molar-refractivity contribution in [1.82, 2.24) is 5.32 Å².